The Hall–Kier alpha value is -0.480. The number of nitrogens with two attached hydrogens (primary N) is 1. The lowest BCUT2D eigenvalue weighted by molar-refractivity contribution is 0.729. The SMILES string of the molecule is CCSc1ccc(C(N)Cc2ccc(Cl)s2)cc1. The summed E-state index contributed by atoms with van der Waals surface area (Å²) >= 11 is 9.37. The molecule has 2 rings (SSSR count). The van der Waals surface area contributed by atoms with E-state index in [0.717, 1.165) is 16.5 Å². The Balaban J connectivity index is 2.02. The molecule has 0 fully saturated rings. The number of hydrogen-bond donors (Lipinski definition) is 1. The second kappa shape index (κ2) is 6.62. The molecule has 0 bridgehead atoms. The van der Waals surface area contributed by atoms with Crippen LogP contribution >= 0.6 is 34.7 Å². The Kier molecular flexibility index (Phi) is 5.13. The third kappa shape index (κ3) is 3.75. The van der Waals surface area contributed by atoms with Gasteiger partial charge in [0.05, 0.1) is 4.34 Å². The number of thiophene rings is 1. The van der Waals surface area contributed by atoms with E-state index in [-0.39, 0.29) is 6.04 Å². The fraction of sp³-hybridized carbons (Fsp3) is 0.286. The fourth-order valence-electron chi connectivity index (χ4n) is 1.77. The van der Waals surface area contributed by atoms with Gasteiger partial charge >= 0.3 is 0 Å². The van der Waals surface area contributed by atoms with Gasteiger partial charge in [-0.25, -0.2) is 0 Å². The zero-order valence-corrected chi connectivity index (χ0v) is 12.6. The van der Waals surface area contributed by atoms with Crippen molar-refractivity contribution in [1.29, 1.82) is 0 Å². The minimum atomic E-state index is 0.0420. The Labute approximate surface area is 121 Å². The van der Waals surface area contributed by atoms with Gasteiger partial charge in [0.15, 0.2) is 0 Å². The molecule has 0 radical (unpaired) electrons. The average Bonchev–Trinajstić information content (AvgIpc) is 2.76. The highest BCUT2D eigenvalue weighted by atomic mass is 35.5. The maximum Gasteiger partial charge on any atom is 0.0931 e. The molecule has 0 spiro atoms. The smallest absolute Gasteiger partial charge is 0.0931 e. The van der Waals surface area contributed by atoms with E-state index < -0.39 is 0 Å². The monoisotopic (exact) mass is 297 g/mol. The van der Waals surface area contributed by atoms with E-state index in [9.17, 15) is 0 Å². The molecule has 2 aromatic rings. The number of rotatable bonds is 5. The van der Waals surface area contributed by atoms with Gasteiger partial charge in [-0.3, -0.25) is 0 Å². The number of thioether (sulfide) groups is 1. The van der Waals surface area contributed by atoms with Gasteiger partial charge in [-0.05, 0) is 35.6 Å². The molecule has 18 heavy (non-hydrogen) atoms. The van der Waals surface area contributed by atoms with Crippen LogP contribution in [0.5, 0.6) is 0 Å². The molecular formula is C14H16ClNS2. The Morgan fingerprint density at radius 3 is 2.50 bits per heavy atom. The lowest BCUT2D eigenvalue weighted by Gasteiger charge is -2.11. The first kappa shape index (κ1) is 13.9. The molecule has 0 saturated heterocycles. The van der Waals surface area contributed by atoms with Crippen molar-refractivity contribution in [3.63, 3.8) is 0 Å². The van der Waals surface area contributed by atoms with Crippen LogP contribution in [0, 0.1) is 0 Å². The second-order valence-corrected chi connectivity index (χ2v) is 7.16. The fourth-order valence-corrected chi connectivity index (χ4v) is 3.58. The van der Waals surface area contributed by atoms with Crippen molar-refractivity contribution in [2.75, 3.05) is 5.75 Å². The minimum Gasteiger partial charge on any atom is -0.324 e. The zero-order chi connectivity index (χ0) is 13.0. The molecule has 1 aromatic carbocycles. The molecular weight excluding hydrogens is 282 g/mol. The quantitative estimate of drug-likeness (QED) is 0.806. The normalized spacial score (nSPS) is 12.6. The third-order valence-corrected chi connectivity index (χ3v) is 4.82. The summed E-state index contributed by atoms with van der Waals surface area (Å²) in [5, 5.41) is 0. The van der Waals surface area contributed by atoms with Gasteiger partial charge in [-0.15, -0.1) is 23.1 Å². The van der Waals surface area contributed by atoms with Crippen molar-refractivity contribution in [2.24, 2.45) is 5.73 Å². The van der Waals surface area contributed by atoms with Gasteiger partial charge in [0.1, 0.15) is 0 Å². The van der Waals surface area contributed by atoms with E-state index in [1.807, 2.05) is 23.9 Å². The minimum absolute atomic E-state index is 0.0420. The Morgan fingerprint density at radius 1 is 1.22 bits per heavy atom. The van der Waals surface area contributed by atoms with Crippen molar-refractivity contribution in [3.05, 3.63) is 51.2 Å². The molecule has 2 N–H and O–H groups in total. The zero-order valence-electron chi connectivity index (χ0n) is 10.2. The summed E-state index contributed by atoms with van der Waals surface area (Å²) in [6.45, 7) is 2.16. The molecule has 4 heteroatoms. The van der Waals surface area contributed by atoms with E-state index in [0.29, 0.717) is 0 Å². The van der Waals surface area contributed by atoms with Crippen LogP contribution in [0.1, 0.15) is 23.4 Å². The summed E-state index contributed by atoms with van der Waals surface area (Å²) in [5.74, 6) is 1.10. The largest absolute Gasteiger partial charge is 0.324 e. The van der Waals surface area contributed by atoms with Crippen LogP contribution in [0.4, 0.5) is 0 Å². The molecule has 1 atom stereocenters. The van der Waals surface area contributed by atoms with Crippen molar-refractivity contribution < 1.29 is 0 Å². The van der Waals surface area contributed by atoms with E-state index in [1.165, 1.54) is 15.3 Å². The summed E-state index contributed by atoms with van der Waals surface area (Å²) in [7, 11) is 0. The van der Waals surface area contributed by atoms with Gasteiger partial charge < -0.3 is 5.73 Å². The van der Waals surface area contributed by atoms with E-state index in [4.69, 9.17) is 17.3 Å². The van der Waals surface area contributed by atoms with Gasteiger partial charge in [0.25, 0.3) is 0 Å². The predicted octanol–water partition coefficient (Wildman–Crippen LogP) is 4.76. The maximum atomic E-state index is 6.22. The number of benzene rings is 1. The number of hydrogen-bond acceptors (Lipinski definition) is 3. The molecule has 0 aliphatic carbocycles. The lowest BCUT2D eigenvalue weighted by atomic mass is 10.0. The van der Waals surface area contributed by atoms with Gasteiger partial charge in [-0.1, -0.05) is 30.7 Å². The van der Waals surface area contributed by atoms with Gasteiger partial charge in [0, 0.05) is 22.2 Å². The van der Waals surface area contributed by atoms with Crippen LogP contribution in [0.15, 0.2) is 41.3 Å². The van der Waals surface area contributed by atoms with Crippen LogP contribution < -0.4 is 5.73 Å². The van der Waals surface area contributed by atoms with Gasteiger partial charge in [0.2, 0.25) is 0 Å². The van der Waals surface area contributed by atoms with Crippen molar-refractivity contribution >= 4 is 34.7 Å². The van der Waals surface area contributed by atoms with E-state index >= 15 is 0 Å². The van der Waals surface area contributed by atoms with E-state index in [2.05, 4.69) is 31.2 Å². The molecule has 0 aliphatic rings. The van der Waals surface area contributed by atoms with Crippen LogP contribution in [-0.2, 0) is 6.42 Å². The standard InChI is InChI=1S/C14H16ClNS2/c1-2-17-11-5-3-10(4-6-11)13(16)9-12-7-8-14(15)18-12/h3-8,13H,2,9,16H2,1H3. The van der Waals surface area contributed by atoms with Crippen LogP contribution in [0.2, 0.25) is 4.34 Å². The van der Waals surface area contributed by atoms with Gasteiger partial charge in [-0.2, -0.15) is 0 Å². The second-order valence-electron chi connectivity index (χ2n) is 4.02. The molecule has 1 heterocycles. The van der Waals surface area contributed by atoms with E-state index in [1.54, 1.807) is 11.3 Å². The first-order valence-electron chi connectivity index (χ1n) is 5.91. The third-order valence-electron chi connectivity index (χ3n) is 2.67. The summed E-state index contributed by atoms with van der Waals surface area (Å²) in [6, 6.07) is 12.6. The van der Waals surface area contributed by atoms with Crippen LogP contribution in [0.25, 0.3) is 0 Å². The molecule has 1 unspecified atom stereocenters. The van der Waals surface area contributed by atoms with Crippen LogP contribution in [0.3, 0.4) is 0 Å². The summed E-state index contributed by atoms with van der Waals surface area (Å²) < 4.78 is 0.826. The topological polar surface area (TPSA) is 26.0 Å². The van der Waals surface area contributed by atoms with Crippen molar-refractivity contribution in [1.82, 2.24) is 0 Å². The molecule has 1 aromatic heterocycles. The first-order valence-corrected chi connectivity index (χ1v) is 8.09. The molecule has 0 aliphatic heterocycles. The highest BCUT2D eigenvalue weighted by molar-refractivity contribution is 7.99. The van der Waals surface area contributed by atoms with Crippen molar-refractivity contribution in [3.8, 4) is 0 Å². The molecule has 1 nitrogen and oxygen atoms in total. The molecule has 0 amide bonds. The van der Waals surface area contributed by atoms with Crippen molar-refractivity contribution in [2.45, 2.75) is 24.3 Å². The predicted molar refractivity (Wildman–Crippen MR) is 82.8 cm³/mol. The Morgan fingerprint density at radius 2 is 1.94 bits per heavy atom. The highest BCUT2D eigenvalue weighted by Crippen LogP contribution is 2.26. The lowest BCUT2D eigenvalue weighted by Crippen LogP contribution is -2.12. The Bertz CT molecular complexity index is 493. The van der Waals surface area contributed by atoms with Crippen LogP contribution in [-0.4, -0.2) is 5.75 Å². The molecule has 96 valence electrons. The number of halogens is 1. The summed E-state index contributed by atoms with van der Waals surface area (Å²) in [6.07, 6.45) is 0.845. The highest BCUT2D eigenvalue weighted by Gasteiger charge is 2.08. The summed E-state index contributed by atoms with van der Waals surface area (Å²) in [4.78, 5) is 2.53. The average molecular weight is 298 g/mol. The molecule has 0 saturated carbocycles. The maximum absolute atomic E-state index is 6.22. The summed E-state index contributed by atoms with van der Waals surface area (Å²) in [5.41, 5.74) is 7.40. The first-order chi connectivity index (χ1) is 8.69.